The molecule has 2 fully saturated rings. The van der Waals surface area contributed by atoms with E-state index in [9.17, 15) is 15.0 Å². The molecule has 3 aromatic rings. The van der Waals surface area contributed by atoms with Crippen LogP contribution < -0.4 is 11.1 Å². The minimum atomic E-state index is -1.39. The Morgan fingerprint density at radius 1 is 1.26 bits per heavy atom. The standard InChI is InChI=1S/C19H24N8O4/c1-25-5-9(6-25)23-18(30)15-13(28)14(29)19(31-15)27-7-10(11-3-4-26(2)24-11)12-16(20)21-8-22-17(12)27/h3-4,7-9,13-15,19,28-29H,5-6H2,1-2H3,(H,23,30)(H2,20,21,22)/t13-,14+,15-,19+/m0/s1. The number of carbonyl (C=O) groups excluding carboxylic acids is 1. The molecule has 12 heteroatoms. The summed E-state index contributed by atoms with van der Waals surface area (Å²) in [7, 11) is 3.75. The monoisotopic (exact) mass is 428 g/mol. The van der Waals surface area contributed by atoms with Crippen LogP contribution >= 0.6 is 0 Å². The summed E-state index contributed by atoms with van der Waals surface area (Å²) in [5.74, 6) is -0.205. The van der Waals surface area contributed by atoms with E-state index < -0.39 is 30.4 Å². The summed E-state index contributed by atoms with van der Waals surface area (Å²) >= 11 is 0. The normalized spacial score (nSPS) is 27.0. The van der Waals surface area contributed by atoms with E-state index in [1.54, 1.807) is 28.7 Å². The number of rotatable bonds is 4. The number of aryl methyl sites for hydroxylation is 1. The number of aliphatic hydroxyl groups excluding tert-OH is 2. The van der Waals surface area contributed by atoms with Crippen LogP contribution in [0.1, 0.15) is 6.23 Å². The molecule has 2 aliphatic heterocycles. The number of nitrogens with zero attached hydrogens (tertiary/aromatic N) is 6. The van der Waals surface area contributed by atoms with Gasteiger partial charge in [0.25, 0.3) is 5.91 Å². The third-order valence-electron chi connectivity index (χ3n) is 5.81. The van der Waals surface area contributed by atoms with Crippen molar-refractivity contribution in [1.29, 1.82) is 0 Å². The van der Waals surface area contributed by atoms with Gasteiger partial charge in [-0.2, -0.15) is 5.10 Å². The Kier molecular flexibility index (Phi) is 4.66. The SMILES string of the molecule is CN1CC(NC(=O)[C@H]2O[C@@H](n3cc(-c4ccn(C)n4)c4c(N)ncnc43)[C@H](O)[C@@H]2O)C1. The number of likely N-dealkylation sites (tertiary alicyclic amines) is 1. The number of aromatic nitrogens is 5. The van der Waals surface area contributed by atoms with Gasteiger partial charge in [0.05, 0.1) is 17.1 Å². The molecule has 3 aromatic heterocycles. The molecule has 164 valence electrons. The van der Waals surface area contributed by atoms with Crippen LogP contribution in [0.2, 0.25) is 0 Å². The molecule has 0 unspecified atom stereocenters. The quantitative estimate of drug-likeness (QED) is 0.387. The van der Waals surface area contributed by atoms with Gasteiger partial charge in [-0.1, -0.05) is 0 Å². The van der Waals surface area contributed by atoms with Crippen LogP contribution in [0.4, 0.5) is 5.82 Å². The van der Waals surface area contributed by atoms with Crippen molar-refractivity contribution in [3.63, 3.8) is 0 Å². The molecule has 0 aliphatic carbocycles. The molecular weight excluding hydrogens is 404 g/mol. The van der Waals surface area contributed by atoms with Crippen LogP contribution in [0.5, 0.6) is 0 Å². The van der Waals surface area contributed by atoms with E-state index in [0.29, 0.717) is 22.3 Å². The average Bonchev–Trinajstić information content (AvgIpc) is 3.38. The first-order chi connectivity index (χ1) is 14.8. The molecule has 12 nitrogen and oxygen atoms in total. The van der Waals surface area contributed by atoms with Gasteiger partial charge in [-0.3, -0.25) is 9.48 Å². The Hall–Kier alpha value is -3.06. The number of nitrogens with one attached hydrogen (secondary N) is 1. The largest absolute Gasteiger partial charge is 0.387 e. The van der Waals surface area contributed by atoms with Gasteiger partial charge in [-0.15, -0.1) is 0 Å². The molecule has 5 heterocycles. The first kappa shape index (κ1) is 19.9. The highest BCUT2D eigenvalue weighted by Gasteiger charge is 2.48. The zero-order valence-electron chi connectivity index (χ0n) is 17.1. The van der Waals surface area contributed by atoms with E-state index in [-0.39, 0.29) is 11.9 Å². The third kappa shape index (κ3) is 3.24. The maximum absolute atomic E-state index is 12.6. The Morgan fingerprint density at radius 2 is 2.03 bits per heavy atom. The number of anilines is 1. The molecule has 0 saturated carbocycles. The van der Waals surface area contributed by atoms with E-state index in [2.05, 4.69) is 25.3 Å². The second-order valence-corrected chi connectivity index (χ2v) is 8.14. The van der Waals surface area contributed by atoms with Gasteiger partial charge in [-0.25, -0.2) is 9.97 Å². The van der Waals surface area contributed by atoms with Crippen LogP contribution in [0, 0.1) is 0 Å². The number of ether oxygens (including phenoxy) is 1. The van der Waals surface area contributed by atoms with Crippen LogP contribution in [0.3, 0.4) is 0 Å². The molecule has 0 bridgehead atoms. The van der Waals surface area contributed by atoms with Crippen molar-refractivity contribution >= 4 is 22.8 Å². The molecule has 5 N–H and O–H groups in total. The fourth-order valence-electron chi connectivity index (χ4n) is 4.23. The number of nitrogen functional groups attached to an aromatic ring is 1. The predicted molar refractivity (Wildman–Crippen MR) is 109 cm³/mol. The highest BCUT2D eigenvalue weighted by Crippen LogP contribution is 2.37. The summed E-state index contributed by atoms with van der Waals surface area (Å²) in [6, 6.07) is 1.82. The van der Waals surface area contributed by atoms with Gasteiger partial charge in [0.1, 0.15) is 30.0 Å². The van der Waals surface area contributed by atoms with Crippen molar-refractivity contribution in [2.75, 3.05) is 25.9 Å². The summed E-state index contributed by atoms with van der Waals surface area (Å²) in [4.78, 5) is 23.1. The van der Waals surface area contributed by atoms with Crippen molar-refractivity contribution in [3.05, 3.63) is 24.8 Å². The fourth-order valence-corrected chi connectivity index (χ4v) is 4.23. The summed E-state index contributed by atoms with van der Waals surface area (Å²) in [5.41, 5.74) is 7.83. The zero-order chi connectivity index (χ0) is 21.9. The van der Waals surface area contributed by atoms with Crippen molar-refractivity contribution in [1.82, 2.24) is 34.5 Å². The molecule has 5 rings (SSSR count). The lowest BCUT2D eigenvalue weighted by atomic mass is 10.1. The number of carbonyl (C=O) groups is 1. The van der Waals surface area contributed by atoms with Gasteiger partial charge in [0.15, 0.2) is 12.3 Å². The smallest absolute Gasteiger partial charge is 0.252 e. The second-order valence-electron chi connectivity index (χ2n) is 8.14. The molecule has 2 aliphatic rings. The number of likely N-dealkylation sites (N-methyl/N-ethyl adjacent to an activating group) is 1. The lowest BCUT2D eigenvalue weighted by Crippen LogP contribution is -2.60. The van der Waals surface area contributed by atoms with E-state index >= 15 is 0 Å². The highest BCUT2D eigenvalue weighted by molar-refractivity contribution is 5.99. The van der Waals surface area contributed by atoms with Crippen molar-refractivity contribution in [2.24, 2.45) is 7.05 Å². The van der Waals surface area contributed by atoms with E-state index in [1.165, 1.54) is 6.33 Å². The van der Waals surface area contributed by atoms with Crippen molar-refractivity contribution in [2.45, 2.75) is 30.6 Å². The number of hydrogen-bond acceptors (Lipinski definition) is 9. The lowest BCUT2D eigenvalue weighted by Gasteiger charge is -2.37. The lowest BCUT2D eigenvalue weighted by molar-refractivity contribution is -0.139. The molecule has 0 aromatic carbocycles. The molecule has 0 spiro atoms. The Morgan fingerprint density at radius 3 is 2.71 bits per heavy atom. The van der Waals surface area contributed by atoms with Crippen LogP contribution in [-0.4, -0.2) is 89.8 Å². The van der Waals surface area contributed by atoms with Gasteiger partial charge >= 0.3 is 0 Å². The maximum atomic E-state index is 12.6. The van der Waals surface area contributed by atoms with Gasteiger partial charge in [0.2, 0.25) is 0 Å². The molecule has 31 heavy (non-hydrogen) atoms. The zero-order valence-corrected chi connectivity index (χ0v) is 17.1. The third-order valence-corrected chi connectivity index (χ3v) is 5.81. The Labute approximate surface area is 177 Å². The number of fused-ring (bicyclic) bond motifs is 1. The molecule has 1 amide bonds. The summed E-state index contributed by atoms with van der Waals surface area (Å²) < 4.78 is 9.06. The van der Waals surface area contributed by atoms with Crippen molar-refractivity contribution in [3.8, 4) is 11.3 Å². The average molecular weight is 428 g/mol. The van der Waals surface area contributed by atoms with E-state index in [4.69, 9.17) is 10.5 Å². The summed E-state index contributed by atoms with van der Waals surface area (Å²) in [5, 5.41) is 29.1. The van der Waals surface area contributed by atoms with Crippen LogP contribution in [0.25, 0.3) is 22.3 Å². The number of nitrogens with two attached hydrogens (primary N) is 1. The summed E-state index contributed by atoms with van der Waals surface area (Å²) in [6.07, 6.45) is -0.182. The van der Waals surface area contributed by atoms with Gasteiger partial charge in [0, 0.05) is 38.1 Å². The predicted octanol–water partition coefficient (Wildman–Crippen LogP) is -1.54. The number of hydrogen-bond donors (Lipinski definition) is 4. The van der Waals surface area contributed by atoms with Gasteiger partial charge < -0.3 is 35.5 Å². The second kappa shape index (κ2) is 7.27. The molecule has 2 saturated heterocycles. The first-order valence-electron chi connectivity index (χ1n) is 9.95. The maximum Gasteiger partial charge on any atom is 0.252 e. The Balaban J connectivity index is 1.49. The minimum Gasteiger partial charge on any atom is -0.387 e. The van der Waals surface area contributed by atoms with Crippen molar-refractivity contribution < 1.29 is 19.7 Å². The molecule has 4 atom stereocenters. The molecular formula is C19H24N8O4. The summed E-state index contributed by atoms with van der Waals surface area (Å²) in [6.45, 7) is 1.46. The minimum absolute atomic E-state index is 0.000184. The van der Waals surface area contributed by atoms with E-state index in [0.717, 1.165) is 13.1 Å². The number of aliphatic hydroxyl groups is 2. The van der Waals surface area contributed by atoms with E-state index in [1.807, 2.05) is 13.1 Å². The highest BCUT2D eigenvalue weighted by atomic mass is 16.6. The van der Waals surface area contributed by atoms with Crippen LogP contribution in [0.15, 0.2) is 24.8 Å². The topological polar surface area (TPSA) is 157 Å². The fraction of sp³-hybridized carbons (Fsp3) is 0.474. The van der Waals surface area contributed by atoms with Gasteiger partial charge in [-0.05, 0) is 13.1 Å². The number of amides is 1. The van der Waals surface area contributed by atoms with Crippen LogP contribution in [-0.2, 0) is 16.6 Å². The first-order valence-corrected chi connectivity index (χ1v) is 9.95. The molecule has 0 radical (unpaired) electrons. The Bertz CT molecular complexity index is 1140.